The van der Waals surface area contributed by atoms with Gasteiger partial charge in [-0.1, -0.05) is 25.0 Å². The van der Waals surface area contributed by atoms with E-state index in [-0.39, 0.29) is 12.2 Å². The van der Waals surface area contributed by atoms with Gasteiger partial charge < -0.3 is 0 Å². The van der Waals surface area contributed by atoms with E-state index in [4.69, 9.17) is 0 Å². The third-order valence-electron chi connectivity index (χ3n) is 4.45. The Morgan fingerprint density at radius 3 is 2.10 bits per heavy atom. The van der Waals surface area contributed by atoms with E-state index < -0.39 is 17.3 Å². The first kappa shape index (κ1) is 16.0. The average molecular weight is 299 g/mol. The topological polar surface area (TPSA) is 20.3 Å². The zero-order valence-corrected chi connectivity index (χ0v) is 12.3. The van der Waals surface area contributed by atoms with Gasteiger partial charge in [-0.15, -0.1) is 0 Å². The Bertz CT molecular complexity index is 499. The van der Waals surface area contributed by atoms with Gasteiger partial charge in [0, 0.05) is 6.42 Å². The third kappa shape index (κ3) is 3.28. The van der Waals surface area contributed by atoms with E-state index in [1.54, 1.807) is 0 Å². The summed E-state index contributed by atoms with van der Waals surface area (Å²) in [5.74, 6) is 0.102. The van der Waals surface area contributed by atoms with Crippen LogP contribution >= 0.6 is 0 Å². The predicted octanol–water partition coefficient (Wildman–Crippen LogP) is 3.69. The summed E-state index contributed by atoms with van der Waals surface area (Å²) >= 11 is 0. The van der Waals surface area contributed by atoms with Crippen LogP contribution in [0.4, 0.5) is 13.2 Å². The normalized spacial score (nSPS) is 18.2. The zero-order chi connectivity index (χ0) is 15.7. The van der Waals surface area contributed by atoms with Crippen LogP contribution in [0.15, 0.2) is 24.3 Å². The molecule has 1 aromatic rings. The van der Waals surface area contributed by atoms with Crippen LogP contribution in [-0.4, -0.2) is 30.3 Å². The Morgan fingerprint density at radius 2 is 1.67 bits per heavy atom. The van der Waals surface area contributed by atoms with E-state index in [0.29, 0.717) is 5.56 Å². The fourth-order valence-corrected chi connectivity index (χ4v) is 3.10. The molecule has 2 nitrogen and oxygen atoms in total. The molecule has 2 rings (SSSR count). The Morgan fingerprint density at radius 1 is 1.14 bits per heavy atom. The minimum absolute atomic E-state index is 0.102. The number of carbonyl (C=O) groups excluding carboxylic acids is 1. The molecular formula is C16H20F3NO. The van der Waals surface area contributed by atoms with Crippen molar-refractivity contribution in [2.24, 2.45) is 0 Å². The second-order valence-electron chi connectivity index (χ2n) is 5.93. The summed E-state index contributed by atoms with van der Waals surface area (Å²) < 4.78 is 37.6. The van der Waals surface area contributed by atoms with Crippen molar-refractivity contribution in [1.82, 2.24) is 4.90 Å². The van der Waals surface area contributed by atoms with Crippen molar-refractivity contribution in [3.8, 4) is 0 Å². The molecule has 0 saturated heterocycles. The third-order valence-corrected chi connectivity index (χ3v) is 4.45. The molecule has 1 aliphatic rings. The molecule has 1 aliphatic carbocycles. The number of benzene rings is 1. The highest BCUT2D eigenvalue weighted by Crippen LogP contribution is 2.35. The number of rotatable bonds is 4. The summed E-state index contributed by atoms with van der Waals surface area (Å²) in [6, 6.07) is 4.89. The number of nitrogens with zero attached hydrogens (tertiary/aromatic N) is 1. The lowest BCUT2D eigenvalue weighted by atomic mass is 9.87. The molecule has 21 heavy (non-hydrogen) atoms. The first-order valence-electron chi connectivity index (χ1n) is 7.12. The smallest absolute Gasteiger partial charge is 0.297 e. The summed E-state index contributed by atoms with van der Waals surface area (Å²) in [6.07, 6.45) is -0.429. The van der Waals surface area contributed by atoms with Gasteiger partial charge in [-0.3, -0.25) is 9.69 Å². The molecule has 1 fully saturated rings. The average Bonchev–Trinajstić information content (AvgIpc) is 2.89. The van der Waals surface area contributed by atoms with Gasteiger partial charge in [0.05, 0.1) is 11.1 Å². The zero-order valence-electron chi connectivity index (χ0n) is 12.3. The van der Waals surface area contributed by atoms with Gasteiger partial charge in [-0.25, -0.2) is 0 Å². The molecule has 0 unspecified atom stereocenters. The molecule has 0 aromatic heterocycles. The molecule has 0 spiro atoms. The number of hydrogen-bond donors (Lipinski definition) is 0. The summed E-state index contributed by atoms with van der Waals surface area (Å²) in [4.78, 5) is 14.6. The Labute approximate surface area is 122 Å². The lowest BCUT2D eigenvalue weighted by molar-refractivity contribution is -0.137. The van der Waals surface area contributed by atoms with Gasteiger partial charge in [0.15, 0.2) is 5.78 Å². The van der Waals surface area contributed by atoms with Gasteiger partial charge in [0.25, 0.3) is 0 Å². The van der Waals surface area contributed by atoms with Crippen LogP contribution in [0.25, 0.3) is 0 Å². The monoisotopic (exact) mass is 299 g/mol. The molecule has 1 saturated carbocycles. The van der Waals surface area contributed by atoms with Gasteiger partial charge in [0.1, 0.15) is 0 Å². The van der Waals surface area contributed by atoms with Gasteiger partial charge in [-0.2, -0.15) is 13.2 Å². The maximum absolute atomic E-state index is 12.6. The maximum Gasteiger partial charge on any atom is 0.416 e. The maximum atomic E-state index is 12.6. The van der Waals surface area contributed by atoms with E-state index in [9.17, 15) is 18.0 Å². The van der Waals surface area contributed by atoms with Gasteiger partial charge in [-0.05, 0) is 44.6 Å². The van der Waals surface area contributed by atoms with Crippen LogP contribution in [0.5, 0.6) is 0 Å². The van der Waals surface area contributed by atoms with E-state index in [1.807, 2.05) is 19.0 Å². The largest absolute Gasteiger partial charge is 0.416 e. The molecular weight excluding hydrogens is 279 g/mol. The lowest BCUT2D eigenvalue weighted by Gasteiger charge is -2.34. The molecule has 5 heteroatoms. The van der Waals surface area contributed by atoms with Crippen molar-refractivity contribution in [1.29, 1.82) is 0 Å². The number of ketones is 1. The molecule has 1 aromatic carbocycles. The second kappa shape index (κ2) is 5.79. The molecule has 0 amide bonds. The quantitative estimate of drug-likeness (QED) is 0.845. The minimum atomic E-state index is -4.33. The fraction of sp³-hybridized carbons (Fsp3) is 0.562. The number of Topliss-reactive ketones (excluding diaryl/α,β-unsaturated/α-hetero) is 1. The second-order valence-corrected chi connectivity index (χ2v) is 5.93. The summed E-state index contributed by atoms with van der Waals surface area (Å²) in [5, 5.41) is 0. The van der Waals surface area contributed by atoms with Crippen molar-refractivity contribution >= 4 is 5.78 Å². The van der Waals surface area contributed by atoms with E-state index in [0.717, 1.165) is 37.8 Å². The summed E-state index contributed by atoms with van der Waals surface area (Å²) in [7, 11) is 3.80. The Balaban J connectivity index is 2.12. The van der Waals surface area contributed by atoms with Crippen molar-refractivity contribution in [2.75, 3.05) is 14.1 Å². The van der Waals surface area contributed by atoms with Crippen molar-refractivity contribution < 1.29 is 18.0 Å². The standard InChI is InChI=1S/C16H20F3NO/c1-20(2)15(9-3-4-10-15)14(21)11-12-5-7-13(8-6-12)16(17,18)19/h5-8H,3-4,9-11H2,1-2H3. The number of halogens is 3. The highest BCUT2D eigenvalue weighted by atomic mass is 19.4. The van der Waals surface area contributed by atoms with E-state index in [1.165, 1.54) is 12.1 Å². The molecule has 0 atom stereocenters. The van der Waals surface area contributed by atoms with Crippen LogP contribution in [0.1, 0.15) is 36.8 Å². The summed E-state index contributed by atoms with van der Waals surface area (Å²) in [6.45, 7) is 0. The Hall–Kier alpha value is -1.36. The lowest BCUT2D eigenvalue weighted by Crippen LogP contribution is -2.49. The van der Waals surface area contributed by atoms with Gasteiger partial charge >= 0.3 is 6.18 Å². The molecule has 0 N–H and O–H groups in total. The fourth-order valence-electron chi connectivity index (χ4n) is 3.10. The number of likely N-dealkylation sites (N-methyl/N-ethyl adjacent to an activating group) is 1. The van der Waals surface area contributed by atoms with Crippen LogP contribution in [0.2, 0.25) is 0 Å². The van der Waals surface area contributed by atoms with Gasteiger partial charge in [0.2, 0.25) is 0 Å². The molecule has 0 bridgehead atoms. The van der Waals surface area contributed by atoms with Crippen molar-refractivity contribution in [3.63, 3.8) is 0 Å². The highest BCUT2D eigenvalue weighted by Gasteiger charge is 2.42. The molecule has 0 radical (unpaired) electrons. The van der Waals surface area contributed by atoms with Crippen LogP contribution < -0.4 is 0 Å². The van der Waals surface area contributed by atoms with Crippen LogP contribution in [-0.2, 0) is 17.4 Å². The number of carbonyl (C=O) groups is 1. The molecule has 0 heterocycles. The molecule has 0 aliphatic heterocycles. The molecule has 116 valence electrons. The highest BCUT2D eigenvalue weighted by molar-refractivity contribution is 5.90. The van der Waals surface area contributed by atoms with Crippen molar-refractivity contribution in [3.05, 3.63) is 35.4 Å². The summed E-state index contributed by atoms with van der Waals surface area (Å²) in [5.41, 5.74) is -0.481. The SMILES string of the molecule is CN(C)C1(C(=O)Cc2ccc(C(F)(F)F)cc2)CCCC1. The number of hydrogen-bond acceptors (Lipinski definition) is 2. The Kier molecular flexibility index (Phi) is 4.42. The van der Waals surface area contributed by atoms with Crippen LogP contribution in [0, 0.1) is 0 Å². The van der Waals surface area contributed by atoms with E-state index >= 15 is 0 Å². The first-order valence-corrected chi connectivity index (χ1v) is 7.12. The van der Waals surface area contributed by atoms with Crippen molar-refractivity contribution in [2.45, 2.75) is 43.8 Å². The van der Waals surface area contributed by atoms with Crippen LogP contribution in [0.3, 0.4) is 0 Å². The minimum Gasteiger partial charge on any atom is -0.297 e. The van der Waals surface area contributed by atoms with E-state index in [2.05, 4.69) is 0 Å². The first-order chi connectivity index (χ1) is 9.75. The predicted molar refractivity (Wildman–Crippen MR) is 75.0 cm³/mol. The number of alkyl halides is 3.